The van der Waals surface area contributed by atoms with Crippen molar-refractivity contribution in [1.29, 1.82) is 5.26 Å². The van der Waals surface area contributed by atoms with Crippen LogP contribution < -0.4 is 0 Å². The third-order valence-corrected chi connectivity index (χ3v) is 3.65. The average molecular weight is 206 g/mol. The van der Waals surface area contributed by atoms with E-state index in [9.17, 15) is 5.26 Å². The molecule has 1 aliphatic rings. The maximum absolute atomic E-state index is 9.41. The van der Waals surface area contributed by atoms with Crippen LogP contribution in [0, 0.1) is 22.7 Å². The number of nitriles is 1. The molecule has 1 atom stereocenters. The molecule has 1 saturated carbocycles. The van der Waals surface area contributed by atoms with Gasteiger partial charge in [0.25, 0.3) is 0 Å². The molecular weight excluding hydrogens is 184 g/mol. The first-order valence-electron chi connectivity index (χ1n) is 6.14. The minimum atomic E-state index is -0.0531. The lowest BCUT2D eigenvalue weighted by atomic mass is 9.73. The number of hydrogen-bond acceptors (Lipinski definition) is 2. The van der Waals surface area contributed by atoms with E-state index in [2.05, 4.69) is 18.0 Å². The summed E-state index contributed by atoms with van der Waals surface area (Å²) in [6, 6.07) is 2.60. The van der Waals surface area contributed by atoms with E-state index in [1.54, 1.807) is 0 Å². The zero-order chi connectivity index (χ0) is 11.1. The van der Waals surface area contributed by atoms with Crippen molar-refractivity contribution in [2.45, 2.75) is 52.4 Å². The lowest BCUT2D eigenvalue weighted by molar-refractivity contribution is 0.236. The lowest BCUT2D eigenvalue weighted by Gasteiger charge is -2.30. The summed E-state index contributed by atoms with van der Waals surface area (Å²) in [5.74, 6) is 0.478. The van der Waals surface area contributed by atoms with E-state index in [4.69, 9.17) is 0 Å². The first-order chi connectivity index (χ1) is 7.29. The van der Waals surface area contributed by atoms with Crippen molar-refractivity contribution < 1.29 is 0 Å². The van der Waals surface area contributed by atoms with Crippen LogP contribution >= 0.6 is 0 Å². The van der Waals surface area contributed by atoms with E-state index in [1.807, 2.05) is 13.1 Å². The Morgan fingerprint density at radius 1 is 1.47 bits per heavy atom. The van der Waals surface area contributed by atoms with Gasteiger partial charge in [0.15, 0.2) is 0 Å². The normalized spacial score (nSPS) is 21.7. The van der Waals surface area contributed by atoms with Crippen molar-refractivity contribution in [1.82, 2.24) is 0 Å². The second kappa shape index (κ2) is 5.90. The predicted octanol–water partition coefficient (Wildman–Crippen LogP) is 3.58. The Morgan fingerprint density at radius 2 is 2.13 bits per heavy atom. The van der Waals surface area contributed by atoms with Crippen LogP contribution in [0.5, 0.6) is 0 Å². The van der Waals surface area contributed by atoms with E-state index in [0.29, 0.717) is 5.92 Å². The molecule has 0 heterocycles. The van der Waals surface area contributed by atoms with Gasteiger partial charge in [0, 0.05) is 6.54 Å². The summed E-state index contributed by atoms with van der Waals surface area (Å²) >= 11 is 0. The molecule has 0 amide bonds. The van der Waals surface area contributed by atoms with Gasteiger partial charge in [-0.25, -0.2) is 0 Å². The topological polar surface area (TPSA) is 36.1 Å². The van der Waals surface area contributed by atoms with Gasteiger partial charge in [0.1, 0.15) is 0 Å². The largest absolute Gasteiger partial charge is 0.297 e. The van der Waals surface area contributed by atoms with Gasteiger partial charge in [-0.2, -0.15) is 5.26 Å². The summed E-state index contributed by atoms with van der Waals surface area (Å²) in [4.78, 5) is 4.35. The number of rotatable bonds is 5. The van der Waals surface area contributed by atoms with Crippen LogP contribution in [0.2, 0.25) is 0 Å². The number of hydrogen-bond donors (Lipinski definition) is 0. The van der Waals surface area contributed by atoms with Gasteiger partial charge in [-0.15, -0.1) is 0 Å². The Hall–Kier alpha value is -0.840. The molecule has 0 radical (unpaired) electrons. The van der Waals surface area contributed by atoms with E-state index >= 15 is 0 Å². The predicted molar refractivity (Wildman–Crippen MR) is 63.9 cm³/mol. The van der Waals surface area contributed by atoms with Crippen molar-refractivity contribution in [2.24, 2.45) is 16.3 Å². The molecule has 1 unspecified atom stereocenters. The third kappa shape index (κ3) is 2.81. The standard InChI is InChI=1S/C13H22N2/c1-3-7-12(10-15-4-2)13(11-14)8-5-6-9-13/h4,12H,3,5-10H2,1-2H3. The van der Waals surface area contributed by atoms with Crippen LogP contribution in [-0.4, -0.2) is 12.8 Å². The average Bonchev–Trinajstić information content (AvgIpc) is 2.74. The summed E-state index contributed by atoms with van der Waals surface area (Å²) in [5, 5.41) is 9.41. The third-order valence-electron chi connectivity index (χ3n) is 3.65. The van der Waals surface area contributed by atoms with Crippen LogP contribution in [0.25, 0.3) is 0 Å². The molecule has 2 nitrogen and oxygen atoms in total. The minimum absolute atomic E-state index is 0.0531. The lowest BCUT2D eigenvalue weighted by Crippen LogP contribution is -2.28. The molecule has 0 spiro atoms. The van der Waals surface area contributed by atoms with Crippen molar-refractivity contribution in [3.63, 3.8) is 0 Å². The summed E-state index contributed by atoms with van der Waals surface area (Å²) in [6.45, 7) is 5.00. The number of nitrogens with zero attached hydrogens (tertiary/aromatic N) is 2. The molecule has 0 aromatic rings. The van der Waals surface area contributed by atoms with Crippen molar-refractivity contribution in [2.75, 3.05) is 6.54 Å². The SMILES string of the molecule is CC=NCC(CCC)C1(C#N)CCCC1. The van der Waals surface area contributed by atoms with Crippen molar-refractivity contribution >= 4 is 6.21 Å². The van der Waals surface area contributed by atoms with Crippen LogP contribution in [0.1, 0.15) is 52.4 Å². The van der Waals surface area contributed by atoms with Gasteiger partial charge < -0.3 is 0 Å². The smallest absolute Gasteiger partial charge is 0.0693 e. The molecule has 84 valence electrons. The van der Waals surface area contributed by atoms with Crippen LogP contribution in [-0.2, 0) is 0 Å². The monoisotopic (exact) mass is 206 g/mol. The maximum atomic E-state index is 9.41. The second-order valence-electron chi connectivity index (χ2n) is 4.58. The van der Waals surface area contributed by atoms with Gasteiger partial charge in [-0.05, 0) is 38.3 Å². The summed E-state index contributed by atoms with van der Waals surface area (Å²) in [7, 11) is 0. The number of aliphatic imine (C=N–C) groups is 1. The summed E-state index contributed by atoms with van der Waals surface area (Å²) in [5.41, 5.74) is -0.0531. The Balaban J connectivity index is 2.71. The maximum Gasteiger partial charge on any atom is 0.0693 e. The Morgan fingerprint density at radius 3 is 2.60 bits per heavy atom. The highest BCUT2D eigenvalue weighted by Gasteiger charge is 2.40. The van der Waals surface area contributed by atoms with Gasteiger partial charge in [0.2, 0.25) is 0 Å². The van der Waals surface area contributed by atoms with E-state index < -0.39 is 0 Å². The Labute approximate surface area is 93.4 Å². The van der Waals surface area contributed by atoms with E-state index in [0.717, 1.165) is 32.2 Å². The first kappa shape index (κ1) is 12.2. The first-order valence-corrected chi connectivity index (χ1v) is 6.14. The molecule has 1 aliphatic carbocycles. The van der Waals surface area contributed by atoms with E-state index in [-0.39, 0.29) is 5.41 Å². The summed E-state index contributed by atoms with van der Waals surface area (Å²) < 4.78 is 0. The molecule has 1 rings (SSSR count). The molecule has 0 saturated heterocycles. The highest BCUT2D eigenvalue weighted by molar-refractivity contribution is 5.53. The fourth-order valence-corrected chi connectivity index (χ4v) is 2.74. The molecule has 1 fully saturated rings. The Bertz CT molecular complexity index is 244. The molecule has 0 aromatic carbocycles. The highest BCUT2D eigenvalue weighted by atomic mass is 14.7. The Kier molecular flexibility index (Phi) is 4.81. The van der Waals surface area contributed by atoms with E-state index in [1.165, 1.54) is 12.8 Å². The van der Waals surface area contributed by atoms with Crippen LogP contribution in [0.3, 0.4) is 0 Å². The van der Waals surface area contributed by atoms with Crippen LogP contribution in [0.4, 0.5) is 0 Å². The molecular formula is C13H22N2. The zero-order valence-electron chi connectivity index (χ0n) is 10.00. The van der Waals surface area contributed by atoms with Gasteiger partial charge in [0.05, 0.1) is 11.5 Å². The van der Waals surface area contributed by atoms with Gasteiger partial charge in [-0.3, -0.25) is 4.99 Å². The molecule has 0 aliphatic heterocycles. The molecule has 15 heavy (non-hydrogen) atoms. The van der Waals surface area contributed by atoms with Gasteiger partial charge >= 0.3 is 0 Å². The van der Waals surface area contributed by atoms with Crippen LogP contribution in [0.15, 0.2) is 4.99 Å². The quantitative estimate of drug-likeness (QED) is 0.633. The van der Waals surface area contributed by atoms with Gasteiger partial charge in [-0.1, -0.05) is 26.2 Å². The second-order valence-corrected chi connectivity index (χ2v) is 4.58. The minimum Gasteiger partial charge on any atom is -0.297 e. The van der Waals surface area contributed by atoms with Crippen molar-refractivity contribution in [3.05, 3.63) is 0 Å². The fraction of sp³-hybridized carbons (Fsp3) is 0.846. The molecule has 0 bridgehead atoms. The zero-order valence-corrected chi connectivity index (χ0v) is 10.00. The summed E-state index contributed by atoms with van der Waals surface area (Å²) in [6.07, 6.45) is 8.80. The van der Waals surface area contributed by atoms with Crippen molar-refractivity contribution in [3.8, 4) is 6.07 Å². The molecule has 2 heteroatoms. The highest BCUT2D eigenvalue weighted by Crippen LogP contribution is 2.45. The fourth-order valence-electron chi connectivity index (χ4n) is 2.74. The molecule has 0 N–H and O–H groups in total. The molecule has 0 aromatic heterocycles.